The zero-order valence-corrected chi connectivity index (χ0v) is 11.9. The molecule has 1 aromatic heterocycles. The summed E-state index contributed by atoms with van der Waals surface area (Å²) in [5.41, 5.74) is 1.27. The fraction of sp³-hybridized carbons (Fsp3) is 0.308. The molecular formula is C13H15IN2O. The second-order valence-corrected chi connectivity index (χ2v) is 5.09. The fourth-order valence-corrected chi connectivity index (χ4v) is 2.25. The minimum Gasteiger partial charge on any atom is -0.385 e. The standard InChI is InChI=1S/C13H15IN2O/c1-17-8-7-13(11-5-3-2-4-6-11)16-10-12(14)9-15-16/h2-6,9-10,13H,7-8H2,1H3. The average molecular weight is 342 g/mol. The number of ether oxygens (including phenoxy) is 1. The van der Waals surface area contributed by atoms with Crippen LogP contribution >= 0.6 is 22.6 Å². The molecule has 0 spiro atoms. The highest BCUT2D eigenvalue weighted by Crippen LogP contribution is 2.21. The lowest BCUT2D eigenvalue weighted by Gasteiger charge is -2.17. The van der Waals surface area contributed by atoms with Crippen molar-refractivity contribution in [1.29, 1.82) is 0 Å². The van der Waals surface area contributed by atoms with E-state index in [1.165, 1.54) is 5.56 Å². The molecule has 0 amide bonds. The lowest BCUT2D eigenvalue weighted by atomic mass is 10.0. The molecule has 3 nitrogen and oxygen atoms in total. The second-order valence-electron chi connectivity index (χ2n) is 3.85. The summed E-state index contributed by atoms with van der Waals surface area (Å²) in [6.07, 6.45) is 4.87. The Balaban J connectivity index is 2.25. The van der Waals surface area contributed by atoms with Gasteiger partial charge >= 0.3 is 0 Å². The van der Waals surface area contributed by atoms with Crippen LogP contribution in [0.25, 0.3) is 0 Å². The normalized spacial score (nSPS) is 12.6. The number of benzene rings is 1. The van der Waals surface area contributed by atoms with Crippen molar-refractivity contribution in [2.45, 2.75) is 12.5 Å². The van der Waals surface area contributed by atoms with Crippen LogP contribution in [0, 0.1) is 3.57 Å². The topological polar surface area (TPSA) is 27.1 Å². The molecule has 2 rings (SSSR count). The molecule has 1 heterocycles. The lowest BCUT2D eigenvalue weighted by Crippen LogP contribution is -2.13. The van der Waals surface area contributed by atoms with Gasteiger partial charge in [0.05, 0.1) is 15.8 Å². The van der Waals surface area contributed by atoms with E-state index in [2.05, 4.69) is 58.2 Å². The van der Waals surface area contributed by atoms with Gasteiger partial charge in [-0.1, -0.05) is 30.3 Å². The molecule has 0 aliphatic carbocycles. The summed E-state index contributed by atoms with van der Waals surface area (Å²) in [5, 5.41) is 4.40. The Morgan fingerprint density at radius 3 is 2.71 bits per heavy atom. The monoisotopic (exact) mass is 342 g/mol. The summed E-state index contributed by atoms with van der Waals surface area (Å²) in [6.45, 7) is 0.732. The van der Waals surface area contributed by atoms with Gasteiger partial charge in [0.15, 0.2) is 0 Å². The molecule has 1 unspecified atom stereocenters. The SMILES string of the molecule is COCCC(c1ccccc1)n1cc(I)cn1. The first-order chi connectivity index (χ1) is 8.31. The van der Waals surface area contributed by atoms with Gasteiger partial charge in [-0.25, -0.2) is 0 Å². The van der Waals surface area contributed by atoms with E-state index in [0.29, 0.717) is 0 Å². The Bertz CT molecular complexity index is 455. The highest BCUT2D eigenvalue weighted by atomic mass is 127. The third-order valence-electron chi connectivity index (χ3n) is 2.67. The quantitative estimate of drug-likeness (QED) is 0.781. The largest absolute Gasteiger partial charge is 0.385 e. The summed E-state index contributed by atoms with van der Waals surface area (Å²) >= 11 is 2.28. The summed E-state index contributed by atoms with van der Waals surface area (Å²) in [7, 11) is 1.73. The highest BCUT2D eigenvalue weighted by Gasteiger charge is 2.13. The van der Waals surface area contributed by atoms with Crippen LogP contribution < -0.4 is 0 Å². The molecule has 0 N–H and O–H groups in total. The van der Waals surface area contributed by atoms with E-state index in [1.807, 2.05) is 16.9 Å². The van der Waals surface area contributed by atoms with Gasteiger partial charge in [0, 0.05) is 19.9 Å². The van der Waals surface area contributed by atoms with Gasteiger partial charge in [-0.2, -0.15) is 5.10 Å². The number of hydrogen-bond donors (Lipinski definition) is 0. The average Bonchev–Trinajstić information content (AvgIpc) is 2.78. The Hall–Kier alpha value is -0.880. The van der Waals surface area contributed by atoms with E-state index < -0.39 is 0 Å². The molecule has 0 aliphatic heterocycles. The summed E-state index contributed by atoms with van der Waals surface area (Å²) in [6, 6.07) is 10.7. The van der Waals surface area contributed by atoms with Crippen molar-refractivity contribution in [3.8, 4) is 0 Å². The molecular weight excluding hydrogens is 327 g/mol. The molecule has 0 fully saturated rings. The molecule has 1 aromatic carbocycles. The number of methoxy groups -OCH3 is 1. The molecule has 0 aliphatic rings. The fourth-order valence-electron chi connectivity index (χ4n) is 1.84. The summed E-state index contributed by atoms with van der Waals surface area (Å²) in [5.74, 6) is 0. The van der Waals surface area contributed by atoms with E-state index in [0.717, 1.165) is 16.6 Å². The van der Waals surface area contributed by atoms with Crippen LogP contribution in [0.4, 0.5) is 0 Å². The van der Waals surface area contributed by atoms with Crippen LogP contribution in [0.2, 0.25) is 0 Å². The van der Waals surface area contributed by atoms with Gasteiger partial charge in [-0.05, 0) is 34.6 Å². The van der Waals surface area contributed by atoms with E-state index >= 15 is 0 Å². The molecule has 90 valence electrons. The number of rotatable bonds is 5. The maximum atomic E-state index is 5.18. The Labute approximate surface area is 115 Å². The van der Waals surface area contributed by atoms with E-state index in [1.54, 1.807) is 7.11 Å². The highest BCUT2D eigenvalue weighted by molar-refractivity contribution is 14.1. The van der Waals surface area contributed by atoms with Gasteiger partial charge < -0.3 is 4.74 Å². The molecule has 0 saturated carbocycles. The predicted molar refractivity (Wildman–Crippen MR) is 76.0 cm³/mol. The van der Waals surface area contributed by atoms with Crippen molar-refractivity contribution in [2.24, 2.45) is 0 Å². The van der Waals surface area contributed by atoms with Crippen molar-refractivity contribution in [2.75, 3.05) is 13.7 Å². The number of aromatic nitrogens is 2. The van der Waals surface area contributed by atoms with Crippen LogP contribution in [0.1, 0.15) is 18.0 Å². The van der Waals surface area contributed by atoms with Gasteiger partial charge in [0.25, 0.3) is 0 Å². The first-order valence-electron chi connectivity index (χ1n) is 5.55. The molecule has 0 bridgehead atoms. The van der Waals surface area contributed by atoms with Gasteiger partial charge in [0.2, 0.25) is 0 Å². The van der Waals surface area contributed by atoms with Crippen LogP contribution in [-0.2, 0) is 4.74 Å². The predicted octanol–water partition coefficient (Wildman–Crippen LogP) is 3.11. The Morgan fingerprint density at radius 2 is 2.12 bits per heavy atom. The Morgan fingerprint density at radius 1 is 1.35 bits per heavy atom. The van der Waals surface area contributed by atoms with Crippen molar-refractivity contribution in [3.05, 3.63) is 51.9 Å². The molecule has 0 radical (unpaired) electrons. The van der Waals surface area contributed by atoms with E-state index in [-0.39, 0.29) is 6.04 Å². The van der Waals surface area contributed by atoms with E-state index in [9.17, 15) is 0 Å². The zero-order chi connectivity index (χ0) is 12.1. The second kappa shape index (κ2) is 6.16. The number of halogens is 1. The van der Waals surface area contributed by atoms with Crippen LogP contribution in [0.5, 0.6) is 0 Å². The van der Waals surface area contributed by atoms with Crippen LogP contribution in [-0.4, -0.2) is 23.5 Å². The Kier molecular flexibility index (Phi) is 4.56. The minimum absolute atomic E-state index is 0.250. The van der Waals surface area contributed by atoms with Gasteiger partial charge in [-0.3, -0.25) is 4.68 Å². The molecule has 0 saturated heterocycles. The minimum atomic E-state index is 0.250. The van der Waals surface area contributed by atoms with Crippen molar-refractivity contribution >= 4 is 22.6 Å². The van der Waals surface area contributed by atoms with Crippen LogP contribution in [0.15, 0.2) is 42.7 Å². The van der Waals surface area contributed by atoms with Gasteiger partial charge in [-0.15, -0.1) is 0 Å². The first-order valence-corrected chi connectivity index (χ1v) is 6.62. The lowest BCUT2D eigenvalue weighted by molar-refractivity contribution is 0.182. The molecule has 2 aromatic rings. The van der Waals surface area contributed by atoms with Crippen molar-refractivity contribution in [3.63, 3.8) is 0 Å². The first kappa shape index (κ1) is 12.6. The number of nitrogens with zero attached hydrogens (tertiary/aromatic N) is 2. The molecule has 1 atom stereocenters. The van der Waals surface area contributed by atoms with Crippen molar-refractivity contribution in [1.82, 2.24) is 9.78 Å². The third kappa shape index (κ3) is 3.29. The number of hydrogen-bond acceptors (Lipinski definition) is 2. The molecule has 17 heavy (non-hydrogen) atoms. The van der Waals surface area contributed by atoms with E-state index in [4.69, 9.17) is 4.74 Å². The summed E-state index contributed by atoms with van der Waals surface area (Å²) < 4.78 is 8.34. The van der Waals surface area contributed by atoms with Gasteiger partial charge in [0.1, 0.15) is 0 Å². The zero-order valence-electron chi connectivity index (χ0n) is 9.71. The maximum absolute atomic E-state index is 5.18. The summed E-state index contributed by atoms with van der Waals surface area (Å²) in [4.78, 5) is 0. The smallest absolute Gasteiger partial charge is 0.0790 e. The van der Waals surface area contributed by atoms with Crippen LogP contribution in [0.3, 0.4) is 0 Å². The third-order valence-corrected chi connectivity index (χ3v) is 3.23. The maximum Gasteiger partial charge on any atom is 0.0790 e. The van der Waals surface area contributed by atoms with Crippen molar-refractivity contribution < 1.29 is 4.74 Å². The molecule has 4 heteroatoms.